The first kappa shape index (κ1) is 21.2. The molecule has 3 aromatic rings. The van der Waals surface area contributed by atoms with E-state index in [0.717, 1.165) is 11.3 Å². The van der Waals surface area contributed by atoms with Gasteiger partial charge in [-0.25, -0.2) is 8.42 Å². The zero-order valence-corrected chi connectivity index (χ0v) is 18.5. The third-order valence-corrected chi connectivity index (χ3v) is 7.18. The molecule has 1 amide bonds. The Morgan fingerprint density at radius 1 is 1.03 bits per heavy atom. The smallest absolute Gasteiger partial charge is 0.262 e. The number of ether oxygens (including phenoxy) is 2. The molecule has 0 fully saturated rings. The molecule has 0 unspecified atom stereocenters. The summed E-state index contributed by atoms with van der Waals surface area (Å²) >= 11 is 1.58. The molecule has 2 heterocycles. The van der Waals surface area contributed by atoms with Gasteiger partial charge in [0.25, 0.3) is 15.9 Å². The van der Waals surface area contributed by atoms with Crippen LogP contribution in [0.4, 0.5) is 5.69 Å². The molecule has 0 bridgehead atoms. The number of carbonyl (C=O) groups is 1. The first-order valence-electron chi connectivity index (χ1n) is 9.79. The molecule has 7 nitrogen and oxygen atoms in total. The summed E-state index contributed by atoms with van der Waals surface area (Å²) in [7, 11) is -3.83. The minimum Gasteiger partial charge on any atom is -0.490 e. The van der Waals surface area contributed by atoms with Crippen molar-refractivity contribution in [1.29, 1.82) is 0 Å². The molecule has 31 heavy (non-hydrogen) atoms. The number of hydrogen-bond donors (Lipinski definition) is 2. The summed E-state index contributed by atoms with van der Waals surface area (Å²) in [5, 5.41) is 4.89. The molecule has 4 rings (SSSR count). The van der Waals surface area contributed by atoms with Crippen LogP contribution in [0.15, 0.2) is 64.9 Å². The summed E-state index contributed by atoms with van der Waals surface area (Å²) in [6.07, 6.45) is 0.737. The molecule has 2 aromatic carbocycles. The molecule has 1 aliphatic heterocycles. The summed E-state index contributed by atoms with van der Waals surface area (Å²) in [6.45, 7) is 2.92. The first-order valence-corrected chi connectivity index (χ1v) is 12.2. The molecule has 0 spiro atoms. The summed E-state index contributed by atoms with van der Waals surface area (Å²) in [4.78, 5) is 13.6. The SMILES string of the molecule is C[C@@H](NC(=O)c1ccc(NS(=O)(=O)c2ccc3c(c2)OCCCO3)cc1)c1cccs1. The highest BCUT2D eigenvalue weighted by Crippen LogP contribution is 2.32. The standard InChI is InChI=1S/C22H22N2O5S2/c1-15(21-4-2-13-30-21)23-22(25)16-5-7-17(8-6-16)24-31(26,27)18-9-10-19-20(14-18)29-12-3-11-28-19/h2,4-10,13-15,24H,3,11-12H2,1H3,(H,23,25)/t15-/m1/s1. The van der Waals surface area contributed by atoms with E-state index < -0.39 is 10.0 Å². The Labute approximate surface area is 185 Å². The van der Waals surface area contributed by atoms with Crippen LogP contribution in [0.5, 0.6) is 11.5 Å². The maximum atomic E-state index is 12.8. The second-order valence-electron chi connectivity index (χ2n) is 7.05. The summed E-state index contributed by atoms with van der Waals surface area (Å²) in [5.74, 6) is 0.717. The highest BCUT2D eigenvalue weighted by atomic mass is 32.2. The van der Waals surface area contributed by atoms with E-state index in [1.165, 1.54) is 12.1 Å². The van der Waals surface area contributed by atoms with E-state index in [9.17, 15) is 13.2 Å². The number of fused-ring (bicyclic) bond motifs is 1. The van der Waals surface area contributed by atoms with Crippen LogP contribution in [-0.2, 0) is 10.0 Å². The van der Waals surface area contributed by atoms with Crippen molar-refractivity contribution in [2.75, 3.05) is 17.9 Å². The molecule has 9 heteroatoms. The van der Waals surface area contributed by atoms with Crippen molar-refractivity contribution in [3.63, 3.8) is 0 Å². The maximum absolute atomic E-state index is 12.8. The topological polar surface area (TPSA) is 93.7 Å². The number of rotatable bonds is 6. The van der Waals surface area contributed by atoms with E-state index >= 15 is 0 Å². The van der Waals surface area contributed by atoms with E-state index in [4.69, 9.17) is 9.47 Å². The van der Waals surface area contributed by atoms with Gasteiger partial charge in [0.1, 0.15) is 0 Å². The second-order valence-corrected chi connectivity index (χ2v) is 9.71. The van der Waals surface area contributed by atoms with E-state index in [1.54, 1.807) is 41.7 Å². The Kier molecular flexibility index (Phi) is 6.15. The lowest BCUT2D eigenvalue weighted by atomic mass is 10.2. The monoisotopic (exact) mass is 458 g/mol. The van der Waals surface area contributed by atoms with Crippen LogP contribution in [0, 0.1) is 0 Å². The first-order chi connectivity index (χ1) is 14.9. The molecule has 1 aromatic heterocycles. The fraction of sp³-hybridized carbons (Fsp3) is 0.227. The Balaban J connectivity index is 1.44. The summed E-state index contributed by atoms with van der Waals surface area (Å²) in [5.41, 5.74) is 0.803. The van der Waals surface area contributed by atoms with Gasteiger partial charge < -0.3 is 14.8 Å². The number of benzene rings is 2. The fourth-order valence-corrected chi connectivity index (χ4v) is 4.91. The Morgan fingerprint density at radius 3 is 2.48 bits per heavy atom. The van der Waals surface area contributed by atoms with Gasteiger partial charge in [-0.3, -0.25) is 9.52 Å². The van der Waals surface area contributed by atoms with Gasteiger partial charge >= 0.3 is 0 Å². The lowest BCUT2D eigenvalue weighted by Gasteiger charge is -2.13. The molecule has 2 N–H and O–H groups in total. The highest BCUT2D eigenvalue weighted by Gasteiger charge is 2.19. The van der Waals surface area contributed by atoms with Crippen LogP contribution >= 0.6 is 11.3 Å². The van der Waals surface area contributed by atoms with Crippen LogP contribution in [0.1, 0.15) is 34.6 Å². The van der Waals surface area contributed by atoms with Gasteiger partial charge in [-0.05, 0) is 54.8 Å². The Hall–Kier alpha value is -3.04. The van der Waals surface area contributed by atoms with E-state index in [0.29, 0.717) is 36.0 Å². The van der Waals surface area contributed by atoms with Crippen LogP contribution in [-0.4, -0.2) is 27.5 Å². The van der Waals surface area contributed by atoms with Gasteiger partial charge in [0.2, 0.25) is 0 Å². The predicted molar refractivity (Wildman–Crippen MR) is 119 cm³/mol. The van der Waals surface area contributed by atoms with Crippen molar-refractivity contribution in [2.24, 2.45) is 0 Å². The van der Waals surface area contributed by atoms with Gasteiger partial charge in [-0.2, -0.15) is 0 Å². The molecule has 0 radical (unpaired) electrons. The third kappa shape index (κ3) is 5.00. The van der Waals surface area contributed by atoms with E-state index in [-0.39, 0.29) is 16.8 Å². The van der Waals surface area contributed by atoms with Crippen LogP contribution in [0.25, 0.3) is 0 Å². The number of nitrogens with one attached hydrogen (secondary N) is 2. The lowest BCUT2D eigenvalue weighted by molar-refractivity contribution is 0.0940. The number of thiophene rings is 1. The van der Waals surface area contributed by atoms with Gasteiger partial charge in [0.05, 0.1) is 24.2 Å². The average Bonchev–Trinajstić information content (AvgIpc) is 3.19. The normalized spacial score (nSPS) is 14.4. The minimum atomic E-state index is -3.83. The molecule has 1 aliphatic rings. The highest BCUT2D eigenvalue weighted by molar-refractivity contribution is 7.92. The summed E-state index contributed by atoms with van der Waals surface area (Å²) < 4.78 is 39.2. The number of carbonyl (C=O) groups excluding carboxylic acids is 1. The summed E-state index contributed by atoms with van der Waals surface area (Å²) in [6, 6.07) is 14.6. The lowest BCUT2D eigenvalue weighted by Crippen LogP contribution is -2.26. The van der Waals surface area contributed by atoms with Crippen molar-refractivity contribution in [3.8, 4) is 11.5 Å². The van der Waals surface area contributed by atoms with Crippen molar-refractivity contribution < 1.29 is 22.7 Å². The van der Waals surface area contributed by atoms with E-state index in [2.05, 4.69) is 10.0 Å². The maximum Gasteiger partial charge on any atom is 0.262 e. The molecule has 162 valence electrons. The van der Waals surface area contributed by atoms with E-state index in [1.807, 2.05) is 24.4 Å². The molecule has 0 saturated heterocycles. The van der Waals surface area contributed by atoms with Gasteiger partial charge in [-0.15, -0.1) is 11.3 Å². The van der Waals surface area contributed by atoms with Gasteiger partial charge in [0.15, 0.2) is 11.5 Å². The van der Waals surface area contributed by atoms with Crippen molar-refractivity contribution in [2.45, 2.75) is 24.3 Å². The Morgan fingerprint density at radius 2 is 1.77 bits per heavy atom. The molecular weight excluding hydrogens is 436 g/mol. The second kappa shape index (κ2) is 8.99. The predicted octanol–water partition coefficient (Wildman–Crippen LogP) is 4.20. The van der Waals surface area contributed by atoms with Crippen molar-refractivity contribution in [1.82, 2.24) is 5.32 Å². The molecule has 0 saturated carbocycles. The van der Waals surface area contributed by atoms with Crippen LogP contribution < -0.4 is 19.5 Å². The number of amides is 1. The zero-order valence-electron chi connectivity index (χ0n) is 16.8. The molecule has 0 aliphatic carbocycles. The van der Waals surface area contributed by atoms with Gasteiger partial charge in [0, 0.05) is 28.6 Å². The molecule has 1 atom stereocenters. The van der Waals surface area contributed by atoms with Gasteiger partial charge in [-0.1, -0.05) is 6.07 Å². The average molecular weight is 459 g/mol. The number of sulfonamides is 1. The van der Waals surface area contributed by atoms with Crippen LogP contribution in [0.2, 0.25) is 0 Å². The van der Waals surface area contributed by atoms with Crippen molar-refractivity contribution >= 4 is 33.0 Å². The third-order valence-electron chi connectivity index (χ3n) is 4.75. The fourth-order valence-electron chi connectivity index (χ4n) is 3.10. The van der Waals surface area contributed by atoms with Crippen LogP contribution in [0.3, 0.4) is 0 Å². The number of anilines is 1. The number of hydrogen-bond acceptors (Lipinski definition) is 6. The van der Waals surface area contributed by atoms with Crippen molar-refractivity contribution in [3.05, 3.63) is 70.4 Å². The molecular formula is C22H22N2O5S2. The Bertz CT molecular complexity index is 1160. The minimum absolute atomic E-state index is 0.0725. The largest absolute Gasteiger partial charge is 0.490 e. The quantitative estimate of drug-likeness (QED) is 0.577. The zero-order chi connectivity index (χ0) is 21.8.